The van der Waals surface area contributed by atoms with Crippen molar-refractivity contribution in [3.05, 3.63) is 32.2 Å². The average Bonchev–Trinajstić information content (AvgIpc) is 2.59. The molecule has 0 saturated carbocycles. The van der Waals surface area contributed by atoms with Crippen LogP contribution in [0.4, 0.5) is 0 Å². The van der Waals surface area contributed by atoms with E-state index in [1.165, 1.54) is 18.4 Å². The molecule has 0 atom stereocenters. The van der Waals surface area contributed by atoms with Gasteiger partial charge in [-0.1, -0.05) is 31.9 Å². The molecule has 2 saturated heterocycles. The summed E-state index contributed by atoms with van der Waals surface area (Å²) in [7, 11) is 0. The largest absolute Gasteiger partial charge is 0.381 e. The molecule has 2 fully saturated rings. The second-order valence-electron chi connectivity index (χ2n) is 6.24. The Morgan fingerprint density at radius 1 is 1.09 bits per heavy atom. The number of aldehydes is 1. The monoisotopic (exact) mass is 444 g/mol. The smallest absolute Gasteiger partial charge is 0.150 e. The van der Waals surface area contributed by atoms with Gasteiger partial charge in [-0.3, -0.25) is 14.6 Å². The maximum atomic E-state index is 10.9. The van der Waals surface area contributed by atoms with E-state index in [0.717, 1.165) is 61.2 Å². The van der Waals surface area contributed by atoms with Crippen LogP contribution in [0.2, 0.25) is 0 Å². The number of piperazine rings is 1. The van der Waals surface area contributed by atoms with Gasteiger partial charge >= 0.3 is 0 Å². The third kappa shape index (κ3) is 4.42. The van der Waals surface area contributed by atoms with E-state index in [1.807, 2.05) is 12.1 Å². The molecule has 126 valence electrons. The average molecular weight is 446 g/mol. The maximum absolute atomic E-state index is 10.9. The van der Waals surface area contributed by atoms with Gasteiger partial charge in [0, 0.05) is 66.5 Å². The van der Waals surface area contributed by atoms with Gasteiger partial charge in [-0.05, 0) is 30.5 Å². The van der Waals surface area contributed by atoms with E-state index in [1.54, 1.807) is 0 Å². The van der Waals surface area contributed by atoms with Crippen LogP contribution in [0.25, 0.3) is 0 Å². The van der Waals surface area contributed by atoms with Crippen LogP contribution in [0.3, 0.4) is 0 Å². The van der Waals surface area contributed by atoms with Crippen LogP contribution in [0.15, 0.2) is 21.1 Å². The predicted octanol–water partition coefficient (Wildman–Crippen LogP) is 3.32. The molecule has 0 N–H and O–H groups in total. The van der Waals surface area contributed by atoms with E-state index in [-0.39, 0.29) is 0 Å². The number of hydrogen-bond donors (Lipinski definition) is 0. The third-order valence-electron chi connectivity index (χ3n) is 4.80. The number of benzene rings is 1. The van der Waals surface area contributed by atoms with E-state index in [0.29, 0.717) is 11.6 Å². The zero-order chi connectivity index (χ0) is 16.2. The summed E-state index contributed by atoms with van der Waals surface area (Å²) in [6.07, 6.45) is 3.22. The van der Waals surface area contributed by atoms with Gasteiger partial charge in [-0.2, -0.15) is 0 Å². The van der Waals surface area contributed by atoms with Crippen molar-refractivity contribution in [2.45, 2.75) is 25.4 Å². The molecule has 0 bridgehead atoms. The van der Waals surface area contributed by atoms with E-state index < -0.39 is 0 Å². The second kappa shape index (κ2) is 8.21. The number of carbonyl (C=O) groups excluding carboxylic acids is 1. The van der Waals surface area contributed by atoms with E-state index in [2.05, 4.69) is 41.7 Å². The van der Waals surface area contributed by atoms with Crippen molar-refractivity contribution >= 4 is 38.1 Å². The molecule has 6 heteroatoms. The number of halogens is 2. The molecule has 23 heavy (non-hydrogen) atoms. The number of nitrogens with zero attached hydrogens (tertiary/aromatic N) is 2. The highest BCUT2D eigenvalue weighted by atomic mass is 79.9. The van der Waals surface area contributed by atoms with Gasteiger partial charge in [0.2, 0.25) is 0 Å². The van der Waals surface area contributed by atoms with Crippen molar-refractivity contribution in [1.29, 1.82) is 0 Å². The van der Waals surface area contributed by atoms with Crippen LogP contribution in [0, 0.1) is 0 Å². The van der Waals surface area contributed by atoms with Gasteiger partial charge in [-0.15, -0.1) is 0 Å². The van der Waals surface area contributed by atoms with Crippen molar-refractivity contribution in [3.8, 4) is 0 Å². The highest BCUT2D eigenvalue weighted by Gasteiger charge is 2.25. The second-order valence-corrected chi connectivity index (χ2v) is 7.95. The summed E-state index contributed by atoms with van der Waals surface area (Å²) < 4.78 is 7.47. The predicted molar refractivity (Wildman–Crippen MR) is 97.9 cm³/mol. The first kappa shape index (κ1) is 17.5. The fraction of sp³-hybridized carbons (Fsp3) is 0.588. The molecule has 4 nitrogen and oxygen atoms in total. The third-order valence-corrected chi connectivity index (χ3v) is 6.21. The van der Waals surface area contributed by atoms with Crippen LogP contribution in [-0.4, -0.2) is 61.5 Å². The molecule has 1 aromatic rings. The van der Waals surface area contributed by atoms with Crippen LogP contribution in [-0.2, 0) is 11.3 Å². The number of rotatable bonds is 4. The Bertz CT molecular complexity index is 531. The Balaban J connectivity index is 1.57. The minimum absolute atomic E-state index is 0.692. The minimum atomic E-state index is 0.692. The topological polar surface area (TPSA) is 32.8 Å². The Morgan fingerprint density at radius 2 is 1.70 bits per heavy atom. The molecule has 2 aliphatic heterocycles. The molecular formula is C17H22Br2N2O2. The molecule has 3 rings (SSSR count). The quantitative estimate of drug-likeness (QED) is 0.665. The summed E-state index contributed by atoms with van der Waals surface area (Å²) in [6, 6.07) is 4.49. The molecular weight excluding hydrogens is 424 g/mol. The lowest BCUT2D eigenvalue weighted by molar-refractivity contribution is 0.0125. The zero-order valence-corrected chi connectivity index (χ0v) is 16.3. The van der Waals surface area contributed by atoms with Gasteiger partial charge in [0.25, 0.3) is 0 Å². The van der Waals surface area contributed by atoms with Crippen molar-refractivity contribution in [3.63, 3.8) is 0 Å². The fourth-order valence-corrected chi connectivity index (χ4v) is 4.87. The van der Waals surface area contributed by atoms with Crippen molar-refractivity contribution in [1.82, 2.24) is 9.80 Å². The molecule has 0 spiro atoms. The molecule has 0 amide bonds. The lowest BCUT2D eigenvalue weighted by Gasteiger charge is -2.40. The summed E-state index contributed by atoms with van der Waals surface area (Å²) in [5.41, 5.74) is 1.91. The first-order valence-electron chi connectivity index (χ1n) is 8.14. The summed E-state index contributed by atoms with van der Waals surface area (Å²) in [6.45, 7) is 7.17. The van der Waals surface area contributed by atoms with E-state index in [4.69, 9.17) is 4.74 Å². The van der Waals surface area contributed by atoms with Crippen LogP contribution >= 0.6 is 31.9 Å². The highest BCUT2D eigenvalue weighted by Crippen LogP contribution is 2.29. The number of ether oxygens (including phenoxy) is 1. The zero-order valence-electron chi connectivity index (χ0n) is 13.1. The van der Waals surface area contributed by atoms with Gasteiger partial charge in [0.15, 0.2) is 0 Å². The standard InChI is InChI=1S/C17H22Br2N2O2/c18-16-9-13(12-22)10-17(19)15(16)11-20-3-5-21(6-4-20)14-1-7-23-8-2-14/h9-10,12,14H,1-8,11H2. The van der Waals surface area contributed by atoms with Gasteiger partial charge in [0.1, 0.15) is 6.29 Å². The van der Waals surface area contributed by atoms with Crippen LogP contribution in [0.1, 0.15) is 28.8 Å². The molecule has 1 aromatic carbocycles. The van der Waals surface area contributed by atoms with Crippen molar-refractivity contribution in [2.75, 3.05) is 39.4 Å². The first-order valence-corrected chi connectivity index (χ1v) is 9.73. The van der Waals surface area contributed by atoms with Gasteiger partial charge in [-0.25, -0.2) is 0 Å². The molecule has 0 aliphatic carbocycles. The molecule has 0 radical (unpaired) electrons. The SMILES string of the molecule is O=Cc1cc(Br)c(CN2CCN(C3CCOCC3)CC2)c(Br)c1. The van der Waals surface area contributed by atoms with Crippen molar-refractivity contribution < 1.29 is 9.53 Å². The molecule has 0 aromatic heterocycles. The normalized spacial score (nSPS) is 21.5. The lowest BCUT2D eigenvalue weighted by Crippen LogP contribution is -2.51. The first-order chi connectivity index (χ1) is 11.2. The summed E-state index contributed by atoms with van der Waals surface area (Å²) in [5, 5.41) is 0. The maximum Gasteiger partial charge on any atom is 0.150 e. The minimum Gasteiger partial charge on any atom is -0.381 e. The Kier molecular flexibility index (Phi) is 6.26. The summed E-state index contributed by atoms with van der Waals surface area (Å²) in [4.78, 5) is 16.0. The Labute approximate surface area is 154 Å². The van der Waals surface area contributed by atoms with Crippen LogP contribution in [0.5, 0.6) is 0 Å². The molecule has 2 aliphatic rings. The Morgan fingerprint density at radius 3 is 2.26 bits per heavy atom. The fourth-order valence-electron chi connectivity index (χ4n) is 3.40. The van der Waals surface area contributed by atoms with Gasteiger partial charge in [0.05, 0.1) is 0 Å². The van der Waals surface area contributed by atoms with Crippen molar-refractivity contribution in [2.24, 2.45) is 0 Å². The molecule has 0 unspecified atom stereocenters. The van der Waals surface area contributed by atoms with Crippen LogP contribution < -0.4 is 0 Å². The van der Waals surface area contributed by atoms with E-state index in [9.17, 15) is 4.79 Å². The Hall–Kier alpha value is -0.270. The highest BCUT2D eigenvalue weighted by molar-refractivity contribution is 9.11. The lowest BCUT2D eigenvalue weighted by atomic mass is 10.1. The van der Waals surface area contributed by atoms with Gasteiger partial charge < -0.3 is 4.74 Å². The molecule has 2 heterocycles. The summed E-state index contributed by atoms with van der Waals surface area (Å²) in [5.74, 6) is 0. The van der Waals surface area contributed by atoms with E-state index >= 15 is 0 Å². The number of hydrogen-bond acceptors (Lipinski definition) is 4. The number of carbonyl (C=O) groups is 1. The summed E-state index contributed by atoms with van der Waals surface area (Å²) >= 11 is 7.20.